The summed E-state index contributed by atoms with van der Waals surface area (Å²) in [5.41, 5.74) is 3.90. The van der Waals surface area contributed by atoms with Crippen LogP contribution >= 0.6 is 0 Å². The Morgan fingerprint density at radius 2 is 1.95 bits per heavy atom. The number of nitrogens with zero attached hydrogens (tertiary/aromatic N) is 3. The van der Waals surface area contributed by atoms with E-state index in [1.54, 1.807) is 0 Å². The van der Waals surface area contributed by atoms with Crippen molar-refractivity contribution in [1.82, 2.24) is 15.3 Å². The maximum Gasteiger partial charge on any atom is 0.147 e. The molecule has 0 atom stereocenters. The Kier molecular flexibility index (Phi) is 3.31. The number of hydrogen-bond acceptors (Lipinski definition) is 4. The molecule has 4 rings (SSSR count). The van der Waals surface area contributed by atoms with Crippen LogP contribution in [0.4, 0.5) is 5.82 Å². The largest absolute Gasteiger partial charge is 0.351 e. The van der Waals surface area contributed by atoms with Crippen molar-refractivity contribution in [3.63, 3.8) is 0 Å². The lowest BCUT2D eigenvalue weighted by Crippen LogP contribution is -2.31. The maximum absolute atomic E-state index is 4.60. The molecule has 1 aliphatic carbocycles. The molecule has 0 bridgehead atoms. The van der Waals surface area contributed by atoms with Crippen molar-refractivity contribution in [3.05, 3.63) is 53.5 Å². The normalized spacial score (nSPS) is 17.6. The van der Waals surface area contributed by atoms with Gasteiger partial charge in [0.2, 0.25) is 0 Å². The van der Waals surface area contributed by atoms with Crippen LogP contribution in [-0.4, -0.2) is 22.6 Å². The van der Waals surface area contributed by atoms with Crippen molar-refractivity contribution in [3.8, 4) is 0 Å². The van der Waals surface area contributed by atoms with Crippen LogP contribution in [0.25, 0.3) is 0 Å². The molecule has 0 amide bonds. The molecule has 21 heavy (non-hydrogen) atoms. The predicted molar refractivity (Wildman–Crippen MR) is 83.1 cm³/mol. The first-order chi connectivity index (χ1) is 10.4. The fourth-order valence-corrected chi connectivity index (χ4v) is 2.83. The zero-order valence-corrected chi connectivity index (χ0v) is 12.1. The molecule has 1 aromatic carbocycles. The summed E-state index contributed by atoms with van der Waals surface area (Å²) in [6.07, 6.45) is 7.52. The number of fused-ring (bicyclic) bond motifs is 1. The molecule has 0 spiro atoms. The zero-order valence-electron chi connectivity index (χ0n) is 12.1. The summed E-state index contributed by atoms with van der Waals surface area (Å²) in [5.74, 6) is 0.986. The van der Waals surface area contributed by atoms with Crippen molar-refractivity contribution in [2.45, 2.75) is 38.4 Å². The number of rotatable bonds is 4. The van der Waals surface area contributed by atoms with Crippen molar-refractivity contribution in [2.75, 3.05) is 11.4 Å². The average Bonchev–Trinajstić information content (AvgIpc) is 3.37. The average molecular weight is 280 g/mol. The highest BCUT2D eigenvalue weighted by Gasteiger charge is 2.20. The topological polar surface area (TPSA) is 41.1 Å². The van der Waals surface area contributed by atoms with Gasteiger partial charge >= 0.3 is 0 Å². The number of nitrogens with one attached hydrogen (secondary N) is 1. The molecule has 2 aliphatic rings. The highest BCUT2D eigenvalue weighted by Crippen LogP contribution is 2.22. The minimum atomic E-state index is 0.713. The van der Waals surface area contributed by atoms with Crippen LogP contribution in [0.15, 0.2) is 36.7 Å². The van der Waals surface area contributed by atoms with Gasteiger partial charge in [-0.3, -0.25) is 4.98 Å². The van der Waals surface area contributed by atoms with Crippen LogP contribution in [0, 0.1) is 0 Å². The van der Waals surface area contributed by atoms with Gasteiger partial charge in [-0.2, -0.15) is 0 Å². The van der Waals surface area contributed by atoms with Gasteiger partial charge in [0.05, 0.1) is 18.1 Å². The third-order valence-electron chi connectivity index (χ3n) is 4.30. The molecule has 2 heterocycles. The molecule has 0 unspecified atom stereocenters. The van der Waals surface area contributed by atoms with Crippen molar-refractivity contribution in [2.24, 2.45) is 0 Å². The van der Waals surface area contributed by atoms with E-state index in [2.05, 4.69) is 44.5 Å². The molecular formula is C17H20N4. The molecule has 1 fully saturated rings. The summed E-state index contributed by atoms with van der Waals surface area (Å²) < 4.78 is 0. The van der Waals surface area contributed by atoms with Crippen LogP contribution in [0.5, 0.6) is 0 Å². The Morgan fingerprint density at radius 3 is 2.71 bits per heavy atom. The van der Waals surface area contributed by atoms with E-state index >= 15 is 0 Å². The van der Waals surface area contributed by atoms with E-state index in [1.165, 1.54) is 24.0 Å². The monoisotopic (exact) mass is 280 g/mol. The second-order valence-electron chi connectivity index (χ2n) is 5.96. The fraction of sp³-hybridized carbons (Fsp3) is 0.412. The Hall–Kier alpha value is -1.94. The lowest BCUT2D eigenvalue weighted by Gasteiger charge is -2.29. The minimum Gasteiger partial charge on any atom is -0.351 e. The zero-order chi connectivity index (χ0) is 14.1. The van der Waals surface area contributed by atoms with Gasteiger partial charge in [-0.25, -0.2) is 4.98 Å². The first-order valence-corrected chi connectivity index (χ1v) is 7.74. The molecular weight excluding hydrogens is 260 g/mol. The third kappa shape index (κ3) is 2.90. The molecule has 1 aliphatic heterocycles. The van der Waals surface area contributed by atoms with Crippen LogP contribution in [0.2, 0.25) is 0 Å². The van der Waals surface area contributed by atoms with Gasteiger partial charge in [0.1, 0.15) is 5.82 Å². The van der Waals surface area contributed by atoms with E-state index in [9.17, 15) is 0 Å². The lowest BCUT2D eigenvalue weighted by atomic mass is 10.0. The molecule has 1 N–H and O–H groups in total. The summed E-state index contributed by atoms with van der Waals surface area (Å²) in [6.45, 7) is 2.79. The van der Waals surface area contributed by atoms with Gasteiger partial charge in [-0.05, 0) is 30.4 Å². The Morgan fingerprint density at radius 1 is 1.10 bits per heavy atom. The molecule has 4 nitrogen and oxygen atoms in total. The smallest absolute Gasteiger partial charge is 0.147 e. The summed E-state index contributed by atoms with van der Waals surface area (Å²) in [4.78, 5) is 11.5. The van der Waals surface area contributed by atoms with Crippen molar-refractivity contribution >= 4 is 5.82 Å². The predicted octanol–water partition coefficient (Wildman–Crippen LogP) is 2.29. The first-order valence-electron chi connectivity index (χ1n) is 7.74. The Balaban J connectivity index is 1.44. The van der Waals surface area contributed by atoms with Crippen LogP contribution in [0.3, 0.4) is 0 Å². The molecule has 108 valence electrons. The molecule has 0 saturated heterocycles. The van der Waals surface area contributed by atoms with Gasteiger partial charge < -0.3 is 10.2 Å². The standard InChI is InChI=1S/C17H20N4/c1-2-4-14-12-21(8-7-13(14)3-1)17-11-19-16(10-20-17)9-18-15-5-6-15/h1-4,10-11,15,18H,5-9,12H2. The van der Waals surface area contributed by atoms with Crippen LogP contribution in [0.1, 0.15) is 29.7 Å². The molecule has 4 heteroatoms. The number of aromatic nitrogens is 2. The van der Waals surface area contributed by atoms with Crippen molar-refractivity contribution < 1.29 is 0 Å². The Labute approximate surface area is 125 Å². The van der Waals surface area contributed by atoms with Crippen LogP contribution < -0.4 is 10.2 Å². The Bertz CT molecular complexity index is 619. The van der Waals surface area contributed by atoms with E-state index in [4.69, 9.17) is 0 Å². The summed E-state index contributed by atoms with van der Waals surface area (Å²) in [5, 5.41) is 3.47. The van der Waals surface area contributed by atoms with E-state index in [0.29, 0.717) is 6.04 Å². The highest BCUT2D eigenvalue weighted by molar-refractivity contribution is 5.42. The number of hydrogen-bond donors (Lipinski definition) is 1. The second kappa shape index (κ2) is 5.45. The van der Waals surface area contributed by atoms with Gasteiger partial charge in [0.25, 0.3) is 0 Å². The fourth-order valence-electron chi connectivity index (χ4n) is 2.83. The quantitative estimate of drug-likeness (QED) is 0.933. The molecule has 2 aromatic rings. The lowest BCUT2D eigenvalue weighted by molar-refractivity contribution is 0.668. The van der Waals surface area contributed by atoms with E-state index in [-0.39, 0.29) is 0 Å². The third-order valence-corrected chi connectivity index (χ3v) is 4.30. The number of benzene rings is 1. The van der Waals surface area contributed by atoms with E-state index < -0.39 is 0 Å². The molecule has 1 aromatic heterocycles. The maximum atomic E-state index is 4.60. The minimum absolute atomic E-state index is 0.713. The first kappa shape index (κ1) is 12.8. The number of anilines is 1. The van der Waals surface area contributed by atoms with Crippen molar-refractivity contribution in [1.29, 1.82) is 0 Å². The summed E-state index contributed by atoms with van der Waals surface area (Å²) in [7, 11) is 0. The summed E-state index contributed by atoms with van der Waals surface area (Å²) >= 11 is 0. The van der Waals surface area contributed by atoms with Gasteiger partial charge in [0, 0.05) is 25.7 Å². The van der Waals surface area contributed by atoms with Gasteiger partial charge in [-0.1, -0.05) is 24.3 Å². The summed E-state index contributed by atoms with van der Waals surface area (Å²) in [6, 6.07) is 9.38. The van der Waals surface area contributed by atoms with Crippen LogP contribution in [-0.2, 0) is 19.5 Å². The van der Waals surface area contributed by atoms with E-state index in [1.807, 2.05) is 12.4 Å². The van der Waals surface area contributed by atoms with Gasteiger partial charge in [-0.15, -0.1) is 0 Å². The SMILES string of the molecule is c1ccc2c(c1)CCN(c1cnc(CNC3CC3)cn1)C2. The molecule has 1 saturated carbocycles. The molecule has 0 radical (unpaired) electrons. The van der Waals surface area contributed by atoms with E-state index in [0.717, 1.165) is 37.6 Å². The second-order valence-corrected chi connectivity index (χ2v) is 5.96. The highest BCUT2D eigenvalue weighted by atomic mass is 15.2. The van der Waals surface area contributed by atoms with Gasteiger partial charge in [0.15, 0.2) is 0 Å².